The van der Waals surface area contributed by atoms with Gasteiger partial charge in [-0.25, -0.2) is 0 Å². The highest BCUT2D eigenvalue weighted by Gasteiger charge is 2.21. The molecule has 0 aliphatic carbocycles. The van der Waals surface area contributed by atoms with Gasteiger partial charge in [0.05, 0.1) is 13.2 Å². The summed E-state index contributed by atoms with van der Waals surface area (Å²) >= 11 is 0. The Morgan fingerprint density at radius 1 is 1.26 bits per heavy atom. The van der Waals surface area contributed by atoms with Crippen molar-refractivity contribution in [2.45, 2.75) is 13.0 Å². The molecule has 0 radical (unpaired) electrons. The summed E-state index contributed by atoms with van der Waals surface area (Å²) in [7, 11) is 0. The third kappa shape index (κ3) is 3.12. The van der Waals surface area contributed by atoms with E-state index in [-0.39, 0.29) is 32.2 Å². The lowest BCUT2D eigenvalue weighted by atomic mass is 9.95. The van der Waals surface area contributed by atoms with E-state index in [1.807, 2.05) is 18.2 Å². The maximum Gasteiger partial charge on any atom is 0.254 e. The van der Waals surface area contributed by atoms with Gasteiger partial charge in [0.1, 0.15) is 0 Å². The predicted molar refractivity (Wildman–Crippen MR) is 71.9 cm³/mol. The Labute approximate surface area is 112 Å². The van der Waals surface area contributed by atoms with E-state index in [4.69, 9.17) is 10.2 Å². The molecule has 0 aromatic heterocycles. The van der Waals surface area contributed by atoms with Crippen LogP contribution in [0.15, 0.2) is 18.2 Å². The number of hydrogen-bond acceptors (Lipinski definition) is 4. The van der Waals surface area contributed by atoms with Gasteiger partial charge in [-0.2, -0.15) is 0 Å². The maximum atomic E-state index is 12.5. The van der Waals surface area contributed by atoms with Crippen molar-refractivity contribution in [2.24, 2.45) is 0 Å². The molecular weight excluding hydrogens is 244 g/mol. The van der Waals surface area contributed by atoms with Crippen LogP contribution in [0.5, 0.6) is 0 Å². The Balaban J connectivity index is 2.27. The van der Waals surface area contributed by atoms with Crippen LogP contribution < -0.4 is 5.32 Å². The SMILES string of the molecule is O=C(c1cccc2c1CCNC2)N(CCO)CCO. The fourth-order valence-electron chi connectivity index (χ4n) is 2.46. The molecule has 0 bridgehead atoms. The first-order valence-corrected chi connectivity index (χ1v) is 6.60. The number of aliphatic hydroxyl groups excluding tert-OH is 2. The molecule has 1 heterocycles. The molecule has 0 spiro atoms. The van der Waals surface area contributed by atoms with E-state index >= 15 is 0 Å². The fourth-order valence-corrected chi connectivity index (χ4v) is 2.46. The Kier molecular flexibility index (Phi) is 4.90. The zero-order valence-corrected chi connectivity index (χ0v) is 10.9. The molecule has 2 rings (SSSR count). The second kappa shape index (κ2) is 6.65. The largest absolute Gasteiger partial charge is 0.395 e. The molecule has 1 aromatic carbocycles. The van der Waals surface area contributed by atoms with Crippen molar-refractivity contribution in [3.63, 3.8) is 0 Å². The van der Waals surface area contributed by atoms with Crippen molar-refractivity contribution in [3.05, 3.63) is 34.9 Å². The second-order valence-corrected chi connectivity index (χ2v) is 4.61. The quantitative estimate of drug-likeness (QED) is 0.686. The number of carbonyl (C=O) groups is 1. The van der Waals surface area contributed by atoms with Crippen LogP contribution in [0.4, 0.5) is 0 Å². The third-order valence-corrected chi connectivity index (χ3v) is 3.40. The smallest absolute Gasteiger partial charge is 0.254 e. The first-order valence-electron chi connectivity index (χ1n) is 6.60. The molecule has 1 aliphatic heterocycles. The third-order valence-electron chi connectivity index (χ3n) is 3.40. The number of nitrogens with zero attached hydrogens (tertiary/aromatic N) is 1. The Hall–Kier alpha value is -1.43. The first kappa shape index (κ1) is 14.0. The van der Waals surface area contributed by atoms with Crippen LogP contribution in [0.2, 0.25) is 0 Å². The van der Waals surface area contributed by atoms with Gasteiger partial charge in [0, 0.05) is 25.2 Å². The van der Waals surface area contributed by atoms with Crippen LogP contribution in [-0.4, -0.2) is 53.9 Å². The Morgan fingerprint density at radius 3 is 2.68 bits per heavy atom. The highest BCUT2D eigenvalue weighted by atomic mass is 16.3. The molecule has 0 saturated heterocycles. The molecule has 0 unspecified atom stereocenters. The van der Waals surface area contributed by atoms with Crippen LogP contribution in [-0.2, 0) is 13.0 Å². The number of aliphatic hydroxyl groups is 2. The van der Waals surface area contributed by atoms with Crippen molar-refractivity contribution in [1.29, 1.82) is 0 Å². The van der Waals surface area contributed by atoms with Crippen molar-refractivity contribution in [3.8, 4) is 0 Å². The van der Waals surface area contributed by atoms with Gasteiger partial charge in [-0.15, -0.1) is 0 Å². The van der Waals surface area contributed by atoms with Gasteiger partial charge in [-0.3, -0.25) is 4.79 Å². The zero-order chi connectivity index (χ0) is 13.7. The van der Waals surface area contributed by atoms with Crippen molar-refractivity contribution >= 4 is 5.91 Å². The number of nitrogens with one attached hydrogen (secondary N) is 1. The molecule has 1 aromatic rings. The van der Waals surface area contributed by atoms with Crippen molar-refractivity contribution < 1.29 is 15.0 Å². The van der Waals surface area contributed by atoms with Gasteiger partial charge in [0.2, 0.25) is 0 Å². The lowest BCUT2D eigenvalue weighted by molar-refractivity contribution is 0.0683. The van der Waals surface area contributed by atoms with Crippen LogP contribution in [0.25, 0.3) is 0 Å². The molecule has 19 heavy (non-hydrogen) atoms. The van der Waals surface area contributed by atoms with Gasteiger partial charge in [-0.1, -0.05) is 12.1 Å². The number of fused-ring (bicyclic) bond motifs is 1. The van der Waals surface area contributed by atoms with Gasteiger partial charge in [0.25, 0.3) is 5.91 Å². The van der Waals surface area contributed by atoms with E-state index in [1.165, 1.54) is 4.90 Å². The molecule has 104 valence electrons. The topological polar surface area (TPSA) is 72.8 Å². The highest BCUT2D eigenvalue weighted by molar-refractivity contribution is 5.96. The molecule has 0 atom stereocenters. The molecule has 1 amide bonds. The average molecular weight is 264 g/mol. The lowest BCUT2D eigenvalue weighted by Gasteiger charge is -2.25. The minimum Gasteiger partial charge on any atom is -0.395 e. The summed E-state index contributed by atoms with van der Waals surface area (Å²) in [5.41, 5.74) is 2.94. The standard InChI is InChI=1S/C14H20N2O3/c17-8-6-16(7-9-18)14(19)13-3-1-2-11-10-15-5-4-12(11)13/h1-3,15,17-18H,4-10H2. The second-order valence-electron chi connectivity index (χ2n) is 4.61. The number of benzene rings is 1. The summed E-state index contributed by atoms with van der Waals surface area (Å²) in [6.07, 6.45) is 0.837. The highest BCUT2D eigenvalue weighted by Crippen LogP contribution is 2.20. The van der Waals surface area contributed by atoms with Crippen molar-refractivity contribution in [2.75, 3.05) is 32.8 Å². The summed E-state index contributed by atoms with van der Waals surface area (Å²) in [5, 5.41) is 21.3. The van der Waals surface area contributed by atoms with Gasteiger partial charge in [-0.05, 0) is 30.2 Å². The zero-order valence-electron chi connectivity index (χ0n) is 10.9. The minimum absolute atomic E-state index is 0.0949. The molecule has 0 saturated carbocycles. The number of hydrogen-bond donors (Lipinski definition) is 3. The fraction of sp³-hybridized carbons (Fsp3) is 0.500. The summed E-state index contributed by atoms with van der Waals surface area (Å²) < 4.78 is 0. The molecule has 1 aliphatic rings. The molecule has 0 fully saturated rings. The normalized spacial score (nSPS) is 14.0. The average Bonchev–Trinajstić information content (AvgIpc) is 2.46. The van der Waals surface area contributed by atoms with E-state index < -0.39 is 0 Å². The number of amides is 1. The van der Waals surface area contributed by atoms with Gasteiger partial charge < -0.3 is 20.4 Å². The summed E-state index contributed by atoms with van der Waals surface area (Å²) in [5.74, 6) is -0.109. The first-order chi connectivity index (χ1) is 9.27. The molecular formula is C14H20N2O3. The maximum absolute atomic E-state index is 12.5. The number of carbonyl (C=O) groups excluding carboxylic acids is 1. The Morgan fingerprint density at radius 2 is 2.00 bits per heavy atom. The Bertz CT molecular complexity index is 442. The van der Waals surface area contributed by atoms with E-state index in [0.717, 1.165) is 30.6 Å². The van der Waals surface area contributed by atoms with Gasteiger partial charge in [0.15, 0.2) is 0 Å². The van der Waals surface area contributed by atoms with E-state index in [2.05, 4.69) is 5.32 Å². The molecule has 5 heteroatoms. The van der Waals surface area contributed by atoms with E-state index in [1.54, 1.807) is 0 Å². The monoisotopic (exact) mass is 264 g/mol. The summed E-state index contributed by atoms with van der Waals surface area (Å²) in [6, 6.07) is 5.74. The molecule has 3 N–H and O–H groups in total. The van der Waals surface area contributed by atoms with Gasteiger partial charge >= 0.3 is 0 Å². The summed E-state index contributed by atoms with van der Waals surface area (Å²) in [6.45, 7) is 1.97. The van der Waals surface area contributed by atoms with Crippen LogP contribution >= 0.6 is 0 Å². The van der Waals surface area contributed by atoms with E-state index in [9.17, 15) is 4.79 Å². The predicted octanol–water partition coefficient (Wildman–Crippen LogP) is -0.241. The van der Waals surface area contributed by atoms with Crippen LogP contribution in [0.3, 0.4) is 0 Å². The van der Waals surface area contributed by atoms with Crippen LogP contribution in [0, 0.1) is 0 Å². The summed E-state index contributed by atoms with van der Waals surface area (Å²) in [4.78, 5) is 14.0. The molecule has 5 nitrogen and oxygen atoms in total. The number of rotatable bonds is 5. The minimum atomic E-state index is -0.109. The van der Waals surface area contributed by atoms with Crippen LogP contribution in [0.1, 0.15) is 21.5 Å². The lowest BCUT2D eigenvalue weighted by Crippen LogP contribution is -2.37. The van der Waals surface area contributed by atoms with Crippen molar-refractivity contribution in [1.82, 2.24) is 10.2 Å². The van der Waals surface area contributed by atoms with E-state index in [0.29, 0.717) is 5.56 Å².